The predicted molar refractivity (Wildman–Crippen MR) is 101 cm³/mol. The van der Waals surface area contributed by atoms with Crippen LogP contribution in [0, 0.1) is 18.3 Å². The second-order valence-corrected chi connectivity index (χ2v) is 5.69. The molecule has 2 aromatic rings. The third-order valence-corrected chi connectivity index (χ3v) is 3.91. The molecule has 0 atom stereocenters. The van der Waals surface area contributed by atoms with Crippen molar-refractivity contribution in [2.24, 2.45) is 0 Å². The summed E-state index contributed by atoms with van der Waals surface area (Å²) in [5.74, 6) is 1.29. The van der Waals surface area contributed by atoms with E-state index in [1.54, 1.807) is 19.5 Å². The highest BCUT2D eigenvalue weighted by atomic mass is 16.5. The Kier molecular flexibility index (Phi) is 5.30. The number of nitriles is 1. The molecule has 0 spiro atoms. The number of anilines is 1. The number of methoxy groups -OCH3 is 1. The number of nitrogens with one attached hydrogen (secondary N) is 2. The summed E-state index contributed by atoms with van der Waals surface area (Å²) in [6, 6.07) is 10.0. The SMILES string of the molecule is COc1ccc(CNc2ncc(C)c(/C(C#N)=C3/C=CC=CN3)n2)cc1. The first-order valence-corrected chi connectivity index (χ1v) is 8.16. The minimum Gasteiger partial charge on any atom is -0.497 e. The van der Waals surface area contributed by atoms with Crippen LogP contribution in [0.25, 0.3) is 5.57 Å². The van der Waals surface area contributed by atoms with Crippen LogP contribution < -0.4 is 15.4 Å². The van der Waals surface area contributed by atoms with Gasteiger partial charge in [0.05, 0.1) is 18.5 Å². The number of allylic oxidation sites excluding steroid dienone is 4. The number of ether oxygens (including phenoxy) is 1. The smallest absolute Gasteiger partial charge is 0.223 e. The number of dihydropyridines is 1. The zero-order valence-electron chi connectivity index (χ0n) is 14.7. The first-order valence-electron chi connectivity index (χ1n) is 8.16. The van der Waals surface area contributed by atoms with E-state index in [2.05, 4.69) is 26.7 Å². The van der Waals surface area contributed by atoms with Gasteiger partial charge < -0.3 is 15.4 Å². The molecule has 6 heteroatoms. The van der Waals surface area contributed by atoms with Crippen LogP contribution in [0.4, 0.5) is 5.95 Å². The highest BCUT2D eigenvalue weighted by Crippen LogP contribution is 2.21. The van der Waals surface area contributed by atoms with Gasteiger partial charge in [0, 0.05) is 18.9 Å². The summed E-state index contributed by atoms with van der Waals surface area (Å²) in [4.78, 5) is 8.86. The molecule has 1 aliphatic rings. The molecule has 1 aromatic carbocycles. The van der Waals surface area contributed by atoms with Gasteiger partial charge in [-0.1, -0.05) is 18.2 Å². The van der Waals surface area contributed by atoms with Crippen LogP contribution >= 0.6 is 0 Å². The van der Waals surface area contributed by atoms with Gasteiger partial charge in [-0.2, -0.15) is 5.26 Å². The lowest BCUT2D eigenvalue weighted by Crippen LogP contribution is -2.11. The molecule has 1 aromatic heterocycles. The maximum atomic E-state index is 9.61. The third kappa shape index (κ3) is 3.90. The molecule has 26 heavy (non-hydrogen) atoms. The Hall–Kier alpha value is -3.59. The Morgan fingerprint density at radius 2 is 2.08 bits per heavy atom. The number of rotatable bonds is 5. The molecule has 0 fully saturated rings. The van der Waals surface area contributed by atoms with E-state index in [0.29, 0.717) is 23.8 Å². The molecule has 0 unspecified atom stereocenters. The summed E-state index contributed by atoms with van der Waals surface area (Å²) >= 11 is 0. The molecule has 1 aliphatic heterocycles. The van der Waals surface area contributed by atoms with Crippen LogP contribution in [0.15, 0.2) is 60.6 Å². The molecule has 2 N–H and O–H groups in total. The molecule has 0 radical (unpaired) electrons. The molecule has 2 heterocycles. The molecular formula is C20H19N5O. The Morgan fingerprint density at radius 3 is 2.73 bits per heavy atom. The van der Waals surface area contributed by atoms with E-state index in [-0.39, 0.29) is 0 Å². The average Bonchev–Trinajstić information content (AvgIpc) is 2.70. The Morgan fingerprint density at radius 1 is 1.27 bits per heavy atom. The maximum absolute atomic E-state index is 9.61. The van der Waals surface area contributed by atoms with Crippen molar-refractivity contribution in [1.29, 1.82) is 5.26 Å². The number of benzene rings is 1. The molecule has 0 saturated heterocycles. The van der Waals surface area contributed by atoms with Crippen molar-refractivity contribution >= 4 is 11.5 Å². The Bertz CT molecular complexity index is 920. The van der Waals surface area contributed by atoms with Crippen molar-refractivity contribution in [3.63, 3.8) is 0 Å². The monoisotopic (exact) mass is 345 g/mol. The Labute approximate surface area is 152 Å². The van der Waals surface area contributed by atoms with Crippen molar-refractivity contribution in [3.05, 3.63) is 77.4 Å². The van der Waals surface area contributed by atoms with Gasteiger partial charge in [-0.15, -0.1) is 0 Å². The largest absolute Gasteiger partial charge is 0.497 e. The summed E-state index contributed by atoms with van der Waals surface area (Å²) in [7, 11) is 1.64. The van der Waals surface area contributed by atoms with E-state index in [0.717, 1.165) is 22.6 Å². The van der Waals surface area contributed by atoms with Crippen LogP contribution in [0.5, 0.6) is 5.75 Å². The minimum absolute atomic E-state index is 0.477. The number of hydrogen-bond donors (Lipinski definition) is 2. The fourth-order valence-electron chi connectivity index (χ4n) is 2.49. The molecule has 0 saturated carbocycles. The van der Waals surface area contributed by atoms with Gasteiger partial charge in [0.15, 0.2) is 0 Å². The van der Waals surface area contributed by atoms with Crippen LogP contribution in [-0.2, 0) is 6.54 Å². The van der Waals surface area contributed by atoms with Gasteiger partial charge in [-0.3, -0.25) is 0 Å². The molecular weight excluding hydrogens is 326 g/mol. The van der Waals surface area contributed by atoms with Gasteiger partial charge in [0.2, 0.25) is 5.95 Å². The molecule has 0 aliphatic carbocycles. The van der Waals surface area contributed by atoms with E-state index >= 15 is 0 Å². The van der Waals surface area contributed by atoms with E-state index in [1.807, 2.05) is 49.4 Å². The van der Waals surface area contributed by atoms with Crippen LogP contribution in [0.2, 0.25) is 0 Å². The van der Waals surface area contributed by atoms with E-state index in [1.165, 1.54) is 0 Å². The average molecular weight is 345 g/mol. The number of hydrogen-bond acceptors (Lipinski definition) is 6. The lowest BCUT2D eigenvalue weighted by molar-refractivity contribution is 0.414. The maximum Gasteiger partial charge on any atom is 0.223 e. The fourth-order valence-corrected chi connectivity index (χ4v) is 2.49. The summed E-state index contributed by atoms with van der Waals surface area (Å²) in [6.07, 6.45) is 9.10. The second-order valence-electron chi connectivity index (χ2n) is 5.69. The molecule has 3 rings (SSSR count). The highest BCUT2D eigenvalue weighted by Gasteiger charge is 2.13. The molecule has 0 amide bonds. The van der Waals surface area contributed by atoms with Crippen molar-refractivity contribution in [2.75, 3.05) is 12.4 Å². The normalized spacial score (nSPS) is 14.3. The first-order chi connectivity index (χ1) is 12.7. The van der Waals surface area contributed by atoms with Crippen molar-refractivity contribution in [3.8, 4) is 11.8 Å². The number of aromatic nitrogens is 2. The zero-order chi connectivity index (χ0) is 18.4. The first kappa shape index (κ1) is 17.2. The fraction of sp³-hybridized carbons (Fsp3) is 0.150. The number of aryl methyl sites for hydroxylation is 1. The zero-order valence-corrected chi connectivity index (χ0v) is 14.7. The van der Waals surface area contributed by atoms with Crippen molar-refractivity contribution in [1.82, 2.24) is 15.3 Å². The summed E-state index contributed by atoms with van der Waals surface area (Å²) in [5.41, 5.74) is 3.74. The number of nitrogens with zero attached hydrogens (tertiary/aromatic N) is 3. The van der Waals surface area contributed by atoms with E-state index < -0.39 is 0 Å². The summed E-state index contributed by atoms with van der Waals surface area (Å²) < 4.78 is 5.16. The minimum atomic E-state index is 0.477. The van der Waals surface area contributed by atoms with Crippen molar-refractivity contribution in [2.45, 2.75) is 13.5 Å². The van der Waals surface area contributed by atoms with Gasteiger partial charge in [0.25, 0.3) is 0 Å². The summed E-state index contributed by atoms with van der Waals surface area (Å²) in [5, 5.41) is 15.9. The lowest BCUT2D eigenvalue weighted by Gasteiger charge is -2.12. The molecule has 0 bridgehead atoms. The Balaban J connectivity index is 1.82. The predicted octanol–water partition coefficient (Wildman–Crippen LogP) is 3.31. The molecule has 6 nitrogen and oxygen atoms in total. The highest BCUT2D eigenvalue weighted by molar-refractivity contribution is 5.80. The third-order valence-electron chi connectivity index (χ3n) is 3.91. The van der Waals surface area contributed by atoms with E-state index in [9.17, 15) is 5.26 Å². The van der Waals surface area contributed by atoms with Crippen LogP contribution in [0.3, 0.4) is 0 Å². The van der Waals surface area contributed by atoms with Gasteiger partial charge in [-0.25, -0.2) is 9.97 Å². The van der Waals surface area contributed by atoms with Crippen LogP contribution in [-0.4, -0.2) is 17.1 Å². The topological polar surface area (TPSA) is 82.9 Å². The second kappa shape index (κ2) is 7.99. The summed E-state index contributed by atoms with van der Waals surface area (Å²) in [6.45, 7) is 2.47. The van der Waals surface area contributed by atoms with Crippen LogP contribution in [0.1, 0.15) is 16.8 Å². The van der Waals surface area contributed by atoms with Crippen molar-refractivity contribution < 1.29 is 4.74 Å². The molecule has 130 valence electrons. The van der Waals surface area contributed by atoms with Gasteiger partial charge in [0.1, 0.15) is 17.4 Å². The lowest BCUT2D eigenvalue weighted by atomic mass is 10.1. The van der Waals surface area contributed by atoms with Gasteiger partial charge >= 0.3 is 0 Å². The van der Waals surface area contributed by atoms with Gasteiger partial charge in [-0.05, 0) is 42.3 Å². The van der Waals surface area contributed by atoms with E-state index in [4.69, 9.17) is 4.74 Å². The quantitative estimate of drug-likeness (QED) is 0.809. The standard InChI is InChI=1S/C20H19N5O/c1-14-12-23-20(24-13-15-6-8-16(26-2)9-7-15)25-19(14)17(11-21)18-5-3-4-10-22-18/h3-10,12,22H,13H2,1-2H3,(H,23,24,25)/b18-17-.